The normalized spacial score (nSPS) is 10.0. The van der Waals surface area contributed by atoms with Crippen LogP contribution in [-0.2, 0) is 0 Å². The molecule has 0 unspecified atom stereocenters. The lowest BCUT2D eigenvalue weighted by molar-refractivity contribution is 0.103. The zero-order valence-electron chi connectivity index (χ0n) is 10.6. The molecule has 1 heterocycles. The number of carbonyl (C=O) groups excluding carboxylic acids is 1. The molecule has 1 aromatic heterocycles. The molecule has 0 spiro atoms. The molecule has 19 heavy (non-hydrogen) atoms. The lowest BCUT2D eigenvalue weighted by Gasteiger charge is -2.08. The fourth-order valence-corrected chi connectivity index (χ4v) is 2.28. The highest BCUT2D eigenvalue weighted by molar-refractivity contribution is 7.12. The Labute approximate surface area is 115 Å². The van der Waals surface area contributed by atoms with Crippen molar-refractivity contribution in [2.45, 2.75) is 0 Å². The molecule has 2 aromatic rings. The number of nitrogens with two attached hydrogens (primary N) is 1. The predicted molar refractivity (Wildman–Crippen MR) is 76.2 cm³/mol. The maximum absolute atomic E-state index is 12.0. The first-order chi connectivity index (χ1) is 9.13. The number of benzene rings is 1. The third kappa shape index (κ3) is 2.97. The third-order valence-electron chi connectivity index (χ3n) is 2.53. The van der Waals surface area contributed by atoms with Crippen molar-refractivity contribution in [3.8, 4) is 11.5 Å². The molecule has 3 N–H and O–H groups in total. The summed E-state index contributed by atoms with van der Waals surface area (Å²) in [6, 6.07) is 6.77. The summed E-state index contributed by atoms with van der Waals surface area (Å²) >= 11 is 1.32. The van der Waals surface area contributed by atoms with Crippen molar-refractivity contribution in [3.63, 3.8) is 0 Å². The second-order valence-corrected chi connectivity index (χ2v) is 4.67. The lowest BCUT2D eigenvalue weighted by Crippen LogP contribution is -2.10. The minimum absolute atomic E-state index is 0.194. The smallest absolute Gasteiger partial charge is 0.265 e. The maximum Gasteiger partial charge on any atom is 0.265 e. The van der Waals surface area contributed by atoms with E-state index in [-0.39, 0.29) is 5.91 Å². The molecule has 0 aliphatic carbocycles. The molecule has 0 atom stereocenters. The van der Waals surface area contributed by atoms with Crippen LogP contribution in [-0.4, -0.2) is 20.1 Å². The number of amides is 1. The van der Waals surface area contributed by atoms with E-state index in [4.69, 9.17) is 15.2 Å². The van der Waals surface area contributed by atoms with E-state index in [1.807, 2.05) is 0 Å². The molecule has 0 saturated carbocycles. The highest BCUT2D eigenvalue weighted by Crippen LogP contribution is 2.26. The number of thiophene rings is 1. The predicted octanol–water partition coefficient (Wildman–Crippen LogP) is 2.60. The van der Waals surface area contributed by atoms with Crippen LogP contribution in [0.3, 0.4) is 0 Å². The Balaban J connectivity index is 2.14. The summed E-state index contributed by atoms with van der Waals surface area (Å²) in [4.78, 5) is 12.6. The molecule has 1 aromatic carbocycles. The van der Waals surface area contributed by atoms with Crippen LogP contribution in [0.15, 0.2) is 29.6 Å². The van der Waals surface area contributed by atoms with E-state index in [1.165, 1.54) is 18.4 Å². The van der Waals surface area contributed by atoms with E-state index in [0.29, 0.717) is 27.8 Å². The van der Waals surface area contributed by atoms with Crippen molar-refractivity contribution in [1.82, 2.24) is 0 Å². The van der Waals surface area contributed by atoms with Gasteiger partial charge in [0, 0.05) is 23.2 Å². The number of hydrogen-bond acceptors (Lipinski definition) is 5. The fraction of sp³-hybridized carbons (Fsp3) is 0.154. The van der Waals surface area contributed by atoms with Crippen LogP contribution in [0.25, 0.3) is 0 Å². The van der Waals surface area contributed by atoms with E-state index >= 15 is 0 Å². The second kappa shape index (κ2) is 5.62. The number of nitrogens with one attached hydrogen (secondary N) is 1. The van der Waals surface area contributed by atoms with Gasteiger partial charge >= 0.3 is 0 Å². The van der Waals surface area contributed by atoms with Crippen molar-refractivity contribution < 1.29 is 14.3 Å². The van der Waals surface area contributed by atoms with Crippen LogP contribution >= 0.6 is 11.3 Å². The molecule has 0 aliphatic rings. The van der Waals surface area contributed by atoms with Crippen LogP contribution < -0.4 is 20.5 Å². The number of anilines is 2. The van der Waals surface area contributed by atoms with Gasteiger partial charge in [-0.2, -0.15) is 0 Å². The lowest BCUT2D eigenvalue weighted by atomic mass is 10.2. The summed E-state index contributed by atoms with van der Waals surface area (Å²) in [7, 11) is 3.09. The van der Waals surface area contributed by atoms with Gasteiger partial charge in [0.25, 0.3) is 5.91 Å². The minimum Gasteiger partial charge on any atom is -0.496 e. The van der Waals surface area contributed by atoms with Crippen LogP contribution in [0, 0.1) is 0 Å². The number of nitrogen functional groups attached to an aromatic ring is 1. The zero-order valence-corrected chi connectivity index (χ0v) is 11.4. The van der Waals surface area contributed by atoms with Crippen LogP contribution in [0.4, 0.5) is 11.4 Å². The Kier molecular flexibility index (Phi) is 3.91. The van der Waals surface area contributed by atoms with Gasteiger partial charge in [0.05, 0.1) is 24.8 Å². The molecule has 0 aliphatic heterocycles. The summed E-state index contributed by atoms with van der Waals surface area (Å²) < 4.78 is 10.1. The van der Waals surface area contributed by atoms with Gasteiger partial charge < -0.3 is 20.5 Å². The number of rotatable bonds is 4. The van der Waals surface area contributed by atoms with Gasteiger partial charge in [-0.05, 0) is 12.1 Å². The largest absolute Gasteiger partial charge is 0.496 e. The standard InChI is InChI=1S/C13H14N2O3S/c1-17-9-6-12(19-7-9)13(16)15-8-3-4-10(14)11(5-8)18-2/h3-7H,14H2,1-2H3,(H,15,16). The van der Waals surface area contributed by atoms with Crippen LogP contribution in [0.5, 0.6) is 11.5 Å². The maximum atomic E-state index is 12.0. The van der Waals surface area contributed by atoms with Crippen LogP contribution in [0.1, 0.15) is 9.67 Å². The number of methoxy groups -OCH3 is 2. The minimum atomic E-state index is -0.194. The summed E-state index contributed by atoms with van der Waals surface area (Å²) in [6.45, 7) is 0. The van der Waals surface area contributed by atoms with Gasteiger partial charge in [-0.25, -0.2) is 0 Å². The van der Waals surface area contributed by atoms with E-state index < -0.39 is 0 Å². The Morgan fingerprint density at radius 1 is 1.26 bits per heavy atom. The molecule has 0 bridgehead atoms. The SMILES string of the molecule is COc1csc(C(=O)Nc2ccc(N)c(OC)c2)c1. The van der Waals surface area contributed by atoms with E-state index in [9.17, 15) is 4.79 Å². The first kappa shape index (κ1) is 13.2. The van der Waals surface area contributed by atoms with Crippen molar-refractivity contribution in [2.24, 2.45) is 0 Å². The molecule has 0 fully saturated rings. The average Bonchev–Trinajstić information content (AvgIpc) is 2.90. The average molecular weight is 278 g/mol. The first-order valence-electron chi connectivity index (χ1n) is 5.51. The summed E-state index contributed by atoms with van der Waals surface area (Å²) in [5.74, 6) is 1.01. The molecule has 6 heteroatoms. The summed E-state index contributed by atoms with van der Waals surface area (Å²) in [5, 5.41) is 4.55. The second-order valence-electron chi connectivity index (χ2n) is 3.76. The number of ether oxygens (including phenoxy) is 2. The summed E-state index contributed by atoms with van der Waals surface area (Å²) in [5.41, 5.74) is 6.87. The molecule has 0 radical (unpaired) electrons. The topological polar surface area (TPSA) is 73.6 Å². The van der Waals surface area contributed by atoms with E-state index in [0.717, 1.165) is 0 Å². The monoisotopic (exact) mass is 278 g/mol. The van der Waals surface area contributed by atoms with Crippen LogP contribution in [0.2, 0.25) is 0 Å². The van der Waals surface area contributed by atoms with Crippen molar-refractivity contribution in [1.29, 1.82) is 0 Å². The molecule has 100 valence electrons. The van der Waals surface area contributed by atoms with Crippen molar-refractivity contribution in [3.05, 3.63) is 34.5 Å². The fourth-order valence-electron chi connectivity index (χ4n) is 1.53. The Morgan fingerprint density at radius 3 is 2.68 bits per heavy atom. The summed E-state index contributed by atoms with van der Waals surface area (Å²) in [6.07, 6.45) is 0. The van der Waals surface area contributed by atoms with Gasteiger partial charge in [-0.3, -0.25) is 4.79 Å². The van der Waals surface area contributed by atoms with Crippen molar-refractivity contribution in [2.75, 3.05) is 25.3 Å². The van der Waals surface area contributed by atoms with Gasteiger partial charge in [0.15, 0.2) is 0 Å². The Hall–Kier alpha value is -2.21. The molecule has 1 amide bonds. The zero-order chi connectivity index (χ0) is 13.8. The number of carbonyl (C=O) groups is 1. The Morgan fingerprint density at radius 2 is 2.05 bits per heavy atom. The number of hydrogen-bond donors (Lipinski definition) is 2. The molecule has 0 saturated heterocycles. The molecular weight excluding hydrogens is 264 g/mol. The van der Waals surface area contributed by atoms with E-state index in [2.05, 4.69) is 5.32 Å². The molecular formula is C13H14N2O3S. The Bertz CT molecular complexity index is 595. The molecule has 2 rings (SSSR count). The highest BCUT2D eigenvalue weighted by Gasteiger charge is 2.10. The van der Waals surface area contributed by atoms with Gasteiger partial charge in [0.2, 0.25) is 0 Å². The van der Waals surface area contributed by atoms with Crippen molar-refractivity contribution >= 4 is 28.6 Å². The van der Waals surface area contributed by atoms with E-state index in [1.54, 1.807) is 36.8 Å². The quantitative estimate of drug-likeness (QED) is 0.843. The van der Waals surface area contributed by atoms with Gasteiger partial charge in [-0.15, -0.1) is 11.3 Å². The molecule has 5 nitrogen and oxygen atoms in total. The van der Waals surface area contributed by atoms with Gasteiger partial charge in [-0.1, -0.05) is 0 Å². The first-order valence-corrected chi connectivity index (χ1v) is 6.39. The van der Waals surface area contributed by atoms with Gasteiger partial charge in [0.1, 0.15) is 11.5 Å². The third-order valence-corrected chi connectivity index (χ3v) is 3.43. The highest BCUT2D eigenvalue weighted by atomic mass is 32.1.